The number of hydrogen-bond acceptors (Lipinski definition) is 6. The van der Waals surface area contributed by atoms with E-state index in [1.54, 1.807) is 18.7 Å². The molecular formula is C13H19N3O2S2. The van der Waals surface area contributed by atoms with Crippen molar-refractivity contribution in [2.75, 3.05) is 30.0 Å². The number of thioether (sulfide) groups is 1. The van der Waals surface area contributed by atoms with Crippen molar-refractivity contribution in [3.8, 4) is 0 Å². The Morgan fingerprint density at radius 1 is 1.45 bits per heavy atom. The fraction of sp³-hybridized carbons (Fsp3) is 0.538. The van der Waals surface area contributed by atoms with Crippen LogP contribution in [0.25, 0.3) is 0 Å². The van der Waals surface area contributed by atoms with Gasteiger partial charge in [0, 0.05) is 33.0 Å². The van der Waals surface area contributed by atoms with Crippen LogP contribution in [0.2, 0.25) is 0 Å². The molecule has 2 rings (SSSR count). The first-order valence-electron chi connectivity index (χ1n) is 6.43. The van der Waals surface area contributed by atoms with Crippen molar-refractivity contribution < 1.29 is 9.59 Å². The van der Waals surface area contributed by atoms with Gasteiger partial charge in [-0.1, -0.05) is 0 Å². The van der Waals surface area contributed by atoms with Crippen molar-refractivity contribution >= 4 is 45.5 Å². The summed E-state index contributed by atoms with van der Waals surface area (Å²) in [4.78, 5) is 26.6. The van der Waals surface area contributed by atoms with E-state index in [2.05, 4.69) is 10.2 Å². The average molecular weight is 313 g/mol. The van der Waals surface area contributed by atoms with Crippen LogP contribution in [0.4, 0.5) is 10.7 Å². The van der Waals surface area contributed by atoms with Crippen LogP contribution in [-0.4, -0.2) is 37.1 Å². The van der Waals surface area contributed by atoms with Crippen molar-refractivity contribution in [3.05, 3.63) is 4.88 Å². The molecule has 0 spiro atoms. The lowest BCUT2D eigenvalue weighted by atomic mass is 10.2. The third kappa shape index (κ3) is 2.93. The topological polar surface area (TPSA) is 75.4 Å². The fourth-order valence-corrected chi connectivity index (χ4v) is 4.55. The van der Waals surface area contributed by atoms with Crippen molar-refractivity contribution in [2.24, 2.45) is 0 Å². The van der Waals surface area contributed by atoms with Gasteiger partial charge in [0.05, 0.1) is 15.5 Å². The second-order valence-corrected chi connectivity index (χ2v) is 6.69. The molecule has 1 unspecified atom stereocenters. The lowest BCUT2D eigenvalue weighted by molar-refractivity contribution is -0.119. The van der Waals surface area contributed by atoms with Crippen molar-refractivity contribution in [1.29, 1.82) is 0 Å². The highest BCUT2D eigenvalue weighted by atomic mass is 32.2. The minimum Gasteiger partial charge on any atom is -0.396 e. The van der Waals surface area contributed by atoms with Gasteiger partial charge < -0.3 is 16.0 Å². The molecule has 1 atom stereocenters. The zero-order chi connectivity index (χ0) is 14.9. The first kappa shape index (κ1) is 15.2. The molecule has 0 aromatic carbocycles. The molecule has 1 amide bonds. The molecule has 1 saturated heterocycles. The van der Waals surface area contributed by atoms with Gasteiger partial charge in [-0.2, -0.15) is 0 Å². The van der Waals surface area contributed by atoms with Gasteiger partial charge in [-0.3, -0.25) is 9.59 Å². The van der Waals surface area contributed by atoms with Crippen LogP contribution in [0.5, 0.6) is 0 Å². The number of nitrogens with two attached hydrogens (primary N) is 1. The Balaban J connectivity index is 2.23. The molecule has 5 nitrogen and oxygen atoms in total. The van der Waals surface area contributed by atoms with Crippen molar-refractivity contribution in [1.82, 2.24) is 5.32 Å². The van der Waals surface area contributed by atoms with Gasteiger partial charge in [-0.05, 0) is 12.7 Å². The number of thiophene rings is 1. The van der Waals surface area contributed by atoms with Crippen LogP contribution >= 0.6 is 23.1 Å². The molecular weight excluding hydrogens is 294 g/mol. The van der Waals surface area contributed by atoms with Crippen LogP contribution in [-0.2, 0) is 4.79 Å². The van der Waals surface area contributed by atoms with E-state index < -0.39 is 0 Å². The van der Waals surface area contributed by atoms with E-state index in [-0.39, 0.29) is 17.7 Å². The highest BCUT2D eigenvalue weighted by Gasteiger charge is 2.28. The molecule has 0 aliphatic carbocycles. The quantitative estimate of drug-likeness (QED) is 0.656. The van der Waals surface area contributed by atoms with Crippen LogP contribution in [0, 0.1) is 0 Å². The lowest BCUT2D eigenvalue weighted by Crippen LogP contribution is -2.35. The molecule has 1 fully saturated rings. The Labute approximate surface area is 126 Å². The molecule has 20 heavy (non-hydrogen) atoms. The van der Waals surface area contributed by atoms with Gasteiger partial charge in [0.25, 0.3) is 0 Å². The highest BCUT2D eigenvalue weighted by Crippen LogP contribution is 2.44. The maximum Gasteiger partial charge on any atom is 0.217 e. The summed E-state index contributed by atoms with van der Waals surface area (Å²) in [6.45, 7) is 4.72. The smallest absolute Gasteiger partial charge is 0.217 e. The number of Topliss-reactive ketones (excluding diaryl/α,β-unsaturated/α-hetero) is 1. The fourth-order valence-electron chi connectivity index (χ4n) is 2.43. The molecule has 7 heteroatoms. The SMILES string of the molecule is CSc1c(N2CCC(NC(C)=O)C2)sc(C(C)=O)c1N. The minimum atomic E-state index is -0.00272. The van der Waals surface area contributed by atoms with Crippen molar-refractivity contribution in [3.63, 3.8) is 0 Å². The lowest BCUT2D eigenvalue weighted by Gasteiger charge is -2.18. The van der Waals surface area contributed by atoms with E-state index in [1.807, 2.05) is 6.26 Å². The van der Waals surface area contributed by atoms with Gasteiger partial charge in [0.1, 0.15) is 5.00 Å². The number of carbonyl (C=O) groups excluding carboxylic acids is 2. The Morgan fingerprint density at radius 2 is 2.15 bits per heavy atom. The molecule has 1 aliphatic heterocycles. The number of amides is 1. The van der Waals surface area contributed by atoms with Gasteiger partial charge in [0.15, 0.2) is 5.78 Å². The van der Waals surface area contributed by atoms with Gasteiger partial charge in [0.2, 0.25) is 5.91 Å². The van der Waals surface area contributed by atoms with Crippen LogP contribution < -0.4 is 16.0 Å². The number of rotatable bonds is 4. The van der Waals surface area contributed by atoms with Crippen LogP contribution in [0.3, 0.4) is 0 Å². The molecule has 0 saturated carbocycles. The molecule has 3 N–H and O–H groups in total. The largest absolute Gasteiger partial charge is 0.396 e. The first-order chi connectivity index (χ1) is 9.43. The number of ketones is 1. The normalized spacial score (nSPS) is 18.4. The Bertz CT molecular complexity index is 542. The molecule has 1 aromatic rings. The second-order valence-electron chi connectivity index (χ2n) is 4.87. The number of nitrogens with zero attached hydrogens (tertiary/aromatic N) is 1. The summed E-state index contributed by atoms with van der Waals surface area (Å²) in [7, 11) is 0. The Hall–Kier alpha value is -1.21. The molecule has 1 aromatic heterocycles. The second kappa shape index (κ2) is 6.05. The van der Waals surface area contributed by atoms with E-state index in [0.717, 1.165) is 29.4 Å². The summed E-state index contributed by atoms with van der Waals surface area (Å²) in [5.41, 5.74) is 6.66. The van der Waals surface area contributed by atoms with E-state index in [4.69, 9.17) is 5.73 Å². The third-order valence-corrected chi connectivity index (χ3v) is 5.61. The summed E-state index contributed by atoms with van der Waals surface area (Å²) in [6.07, 6.45) is 2.88. The Kier molecular flexibility index (Phi) is 4.59. The summed E-state index contributed by atoms with van der Waals surface area (Å²) in [5, 5.41) is 3.99. The summed E-state index contributed by atoms with van der Waals surface area (Å²) < 4.78 is 0. The van der Waals surface area contributed by atoms with Crippen molar-refractivity contribution in [2.45, 2.75) is 31.2 Å². The van der Waals surface area contributed by atoms with Gasteiger partial charge in [-0.25, -0.2) is 0 Å². The molecule has 0 bridgehead atoms. The Morgan fingerprint density at radius 3 is 2.70 bits per heavy atom. The zero-order valence-corrected chi connectivity index (χ0v) is 13.5. The first-order valence-corrected chi connectivity index (χ1v) is 8.47. The molecule has 1 aliphatic rings. The summed E-state index contributed by atoms with van der Waals surface area (Å²) in [6, 6.07) is 0.173. The molecule has 110 valence electrons. The number of carbonyl (C=O) groups is 2. The van der Waals surface area contributed by atoms with Crippen LogP contribution in [0.1, 0.15) is 29.9 Å². The van der Waals surface area contributed by atoms with Gasteiger partial charge >= 0.3 is 0 Å². The summed E-state index contributed by atoms with van der Waals surface area (Å²) >= 11 is 3.02. The standard InChI is InChI=1S/C13H19N3O2S2/c1-7(17)11-10(14)12(19-3)13(20-11)16-5-4-9(6-16)15-8(2)18/h9H,4-6,14H2,1-3H3,(H,15,18). The predicted molar refractivity (Wildman–Crippen MR) is 85.0 cm³/mol. The van der Waals surface area contributed by atoms with E-state index >= 15 is 0 Å². The molecule has 2 heterocycles. The van der Waals surface area contributed by atoms with Crippen LogP contribution in [0.15, 0.2) is 4.90 Å². The monoisotopic (exact) mass is 313 g/mol. The summed E-state index contributed by atoms with van der Waals surface area (Å²) in [5.74, 6) is 0.00344. The molecule has 0 radical (unpaired) electrons. The van der Waals surface area contributed by atoms with E-state index in [1.165, 1.54) is 18.3 Å². The van der Waals surface area contributed by atoms with E-state index in [0.29, 0.717) is 10.6 Å². The number of nitrogen functional groups attached to an aromatic ring is 1. The minimum absolute atomic E-state index is 0.00272. The predicted octanol–water partition coefficient (Wildman–Crippen LogP) is 1.97. The number of nitrogens with one attached hydrogen (secondary N) is 1. The number of anilines is 2. The average Bonchev–Trinajstić information content (AvgIpc) is 2.92. The number of hydrogen-bond donors (Lipinski definition) is 2. The van der Waals surface area contributed by atoms with Gasteiger partial charge in [-0.15, -0.1) is 23.1 Å². The third-order valence-electron chi connectivity index (χ3n) is 3.29. The maximum atomic E-state index is 11.6. The maximum absolute atomic E-state index is 11.6. The van der Waals surface area contributed by atoms with E-state index in [9.17, 15) is 9.59 Å². The highest BCUT2D eigenvalue weighted by molar-refractivity contribution is 7.99. The zero-order valence-electron chi connectivity index (χ0n) is 11.9.